The molecule has 0 spiro atoms. The Labute approximate surface area is 78.3 Å². The third-order valence-electron chi connectivity index (χ3n) is 4.65. The Morgan fingerprint density at radius 2 is 1.92 bits per heavy atom. The molecule has 0 heterocycles. The highest BCUT2D eigenvalue weighted by Crippen LogP contribution is 2.61. The van der Waals surface area contributed by atoms with Gasteiger partial charge in [-0.05, 0) is 55.3 Å². The van der Waals surface area contributed by atoms with E-state index in [1.165, 1.54) is 25.7 Å². The van der Waals surface area contributed by atoms with Crippen molar-refractivity contribution in [3.05, 3.63) is 0 Å². The first-order chi connectivity index (χ1) is 6.24. The summed E-state index contributed by atoms with van der Waals surface area (Å²) in [5, 5.41) is 8.83. The average molecular weight is 180 g/mol. The monoisotopic (exact) mass is 180 g/mol. The van der Waals surface area contributed by atoms with E-state index in [4.69, 9.17) is 5.11 Å². The van der Waals surface area contributed by atoms with Gasteiger partial charge >= 0.3 is 5.97 Å². The van der Waals surface area contributed by atoms with E-state index in [0.717, 1.165) is 23.7 Å². The van der Waals surface area contributed by atoms with Crippen molar-refractivity contribution in [3.8, 4) is 0 Å². The molecule has 4 aliphatic rings. The first-order valence-electron chi connectivity index (χ1n) is 5.46. The summed E-state index contributed by atoms with van der Waals surface area (Å²) >= 11 is 0. The number of hydrogen-bond donors (Lipinski definition) is 1. The second-order valence-electron chi connectivity index (χ2n) is 5.25. The molecular formula is C11H16O2. The van der Waals surface area contributed by atoms with Crippen molar-refractivity contribution in [2.24, 2.45) is 29.6 Å². The third kappa shape index (κ3) is 1.04. The standard InChI is InChI=1S/C11H16O2/c12-11(13)5-10-8-2-6-1-7(4-8)9(10)3-6/h6-10H,1-5H2,(H,12,13). The minimum atomic E-state index is -0.582. The van der Waals surface area contributed by atoms with Gasteiger partial charge in [-0.2, -0.15) is 0 Å². The number of carbonyl (C=O) groups is 1. The molecule has 1 N–H and O–H groups in total. The van der Waals surface area contributed by atoms with Crippen molar-refractivity contribution in [1.29, 1.82) is 0 Å². The maximum atomic E-state index is 10.7. The van der Waals surface area contributed by atoms with Crippen LogP contribution in [-0.2, 0) is 4.79 Å². The quantitative estimate of drug-likeness (QED) is 0.707. The first kappa shape index (κ1) is 7.84. The van der Waals surface area contributed by atoms with Crippen molar-refractivity contribution < 1.29 is 9.90 Å². The Balaban J connectivity index is 1.80. The van der Waals surface area contributed by atoms with Crippen LogP contribution < -0.4 is 0 Å². The SMILES string of the molecule is O=C(O)CC1C2CC3CC(C2)C1C3. The van der Waals surface area contributed by atoms with E-state index in [-0.39, 0.29) is 0 Å². The Hall–Kier alpha value is -0.530. The van der Waals surface area contributed by atoms with Gasteiger partial charge in [0.15, 0.2) is 0 Å². The van der Waals surface area contributed by atoms with Crippen molar-refractivity contribution >= 4 is 5.97 Å². The molecule has 2 heteroatoms. The molecule has 0 saturated heterocycles. The van der Waals surface area contributed by atoms with E-state index in [2.05, 4.69) is 0 Å². The van der Waals surface area contributed by atoms with E-state index in [1.807, 2.05) is 0 Å². The lowest BCUT2D eigenvalue weighted by atomic mass is 9.74. The van der Waals surface area contributed by atoms with Crippen molar-refractivity contribution in [2.45, 2.75) is 32.1 Å². The van der Waals surface area contributed by atoms with E-state index in [9.17, 15) is 4.79 Å². The van der Waals surface area contributed by atoms with Crippen LogP contribution in [0, 0.1) is 29.6 Å². The smallest absolute Gasteiger partial charge is 0.303 e. The summed E-state index contributed by atoms with van der Waals surface area (Å²) in [6.07, 6.45) is 5.89. The zero-order chi connectivity index (χ0) is 9.00. The molecule has 72 valence electrons. The van der Waals surface area contributed by atoms with Gasteiger partial charge in [0, 0.05) is 6.42 Å². The fraction of sp³-hybridized carbons (Fsp3) is 0.909. The van der Waals surface area contributed by atoms with Crippen LogP contribution in [0.3, 0.4) is 0 Å². The zero-order valence-corrected chi connectivity index (χ0v) is 7.78. The molecule has 5 atom stereocenters. The van der Waals surface area contributed by atoms with Crippen molar-refractivity contribution in [1.82, 2.24) is 0 Å². The molecule has 0 amide bonds. The molecule has 2 nitrogen and oxygen atoms in total. The van der Waals surface area contributed by atoms with Crippen molar-refractivity contribution in [2.75, 3.05) is 0 Å². The van der Waals surface area contributed by atoms with Crippen molar-refractivity contribution in [3.63, 3.8) is 0 Å². The fourth-order valence-corrected chi connectivity index (χ4v) is 4.40. The van der Waals surface area contributed by atoms with Gasteiger partial charge in [0.05, 0.1) is 0 Å². The van der Waals surface area contributed by atoms with Crippen LogP contribution in [0.25, 0.3) is 0 Å². The summed E-state index contributed by atoms with van der Waals surface area (Å²) in [6.45, 7) is 0. The minimum absolute atomic E-state index is 0.443. The summed E-state index contributed by atoms with van der Waals surface area (Å²) in [5.41, 5.74) is 0. The molecule has 0 aromatic rings. The Bertz CT molecular complexity index is 244. The molecule has 4 bridgehead atoms. The summed E-state index contributed by atoms with van der Waals surface area (Å²) in [6, 6.07) is 0. The van der Waals surface area contributed by atoms with Crippen LogP contribution >= 0.6 is 0 Å². The molecule has 4 aliphatic carbocycles. The van der Waals surface area contributed by atoms with E-state index < -0.39 is 5.97 Å². The summed E-state index contributed by atoms with van der Waals surface area (Å²) < 4.78 is 0. The number of rotatable bonds is 2. The predicted octanol–water partition coefficient (Wildman–Crippen LogP) is 2.14. The highest BCUT2D eigenvalue weighted by Gasteiger charge is 2.53. The number of hydrogen-bond acceptors (Lipinski definition) is 1. The summed E-state index contributed by atoms with van der Waals surface area (Å²) in [7, 11) is 0. The summed E-state index contributed by atoms with van der Waals surface area (Å²) in [5.74, 6) is 3.41. The number of carboxylic acid groups (broad SMARTS) is 1. The lowest BCUT2D eigenvalue weighted by Gasteiger charge is -2.31. The first-order valence-corrected chi connectivity index (χ1v) is 5.46. The van der Waals surface area contributed by atoms with E-state index in [1.54, 1.807) is 0 Å². The van der Waals surface area contributed by atoms with Crippen LogP contribution in [-0.4, -0.2) is 11.1 Å². The molecule has 4 fully saturated rings. The maximum absolute atomic E-state index is 10.7. The molecule has 13 heavy (non-hydrogen) atoms. The van der Waals surface area contributed by atoms with Gasteiger partial charge in [-0.1, -0.05) is 0 Å². The second kappa shape index (κ2) is 2.49. The molecule has 0 radical (unpaired) electrons. The Morgan fingerprint density at radius 1 is 1.15 bits per heavy atom. The minimum Gasteiger partial charge on any atom is -0.481 e. The molecule has 4 rings (SSSR count). The van der Waals surface area contributed by atoms with Crippen LogP contribution in [0.4, 0.5) is 0 Å². The molecule has 0 aromatic heterocycles. The van der Waals surface area contributed by atoms with Crippen LogP contribution in [0.2, 0.25) is 0 Å². The van der Waals surface area contributed by atoms with E-state index >= 15 is 0 Å². The summed E-state index contributed by atoms with van der Waals surface area (Å²) in [4.78, 5) is 10.7. The van der Waals surface area contributed by atoms with Gasteiger partial charge in [0.2, 0.25) is 0 Å². The lowest BCUT2D eigenvalue weighted by molar-refractivity contribution is -0.139. The molecular weight excluding hydrogens is 164 g/mol. The second-order valence-corrected chi connectivity index (χ2v) is 5.25. The van der Waals surface area contributed by atoms with Crippen LogP contribution in [0.5, 0.6) is 0 Å². The lowest BCUT2D eigenvalue weighted by Crippen LogP contribution is -2.25. The Morgan fingerprint density at radius 3 is 2.62 bits per heavy atom. The van der Waals surface area contributed by atoms with Crippen LogP contribution in [0.15, 0.2) is 0 Å². The third-order valence-corrected chi connectivity index (χ3v) is 4.65. The largest absolute Gasteiger partial charge is 0.481 e. The maximum Gasteiger partial charge on any atom is 0.303 e. The van der Waals surface area contributed by atoms with Gasteiger partial charge in [-0.3, -0.25) is 4.79 Å². The van der Waals surface area contributed by atoms with Gasteiger partial charge in [-0.15, -0.1) is 0 Å². The number of carboxylic acids is 1. The Kier molecular flexibility index (Phi) is 1.50. The fourth-order valence-electron chi connectivity index (χ4n) is 4.40. The average Bonchev–Trinajstić information content (AvgIpc) is 2.45. The zero-order valence-electron chi connectivity index (χ0n) is 7.78. The number of aliphatic carboxylic acids is 1. The van der Waals surface area contributed by atoms with Gasteiger partial charge < -0.3 is 5.11 Å². The highest BCUT2D eigenvalue weighted by molar-refractivity contribution is 5.67. The van der Waals surface area contributed by atoms with E-state index in [0.29, 0.717) is 12.3 Å². The molecule has 5 unspecified atom stereocenters. The van der Waals surface area contributed by atoms with Gasteiger partial charge in [0.1, 0.15) is 0 Å². The van der Waals surface area contributed by atoms with Crippen LogP contribution in [0.1, 0.15) is 32.1 Å². The normalized spacial score (nSPS) is 51.5. The molecule has 0 aromatic carbocycles. The highest BCUT2D eigenvalue weighted by atomic mass is 16.4. The van der Waals surface area contributed by atoms with Gasteiger partial charge in [-0.25, -0.2) is 0 Å². The van der Waals surface area contributed by atoms with Gasteiger partial charge in [0.25, 0.3) is 0 Å². The molecule has 0 aliphatic heterocycles. The predicted molar refractivity (Wildman–Crippen MR) is 48.2 cm³/mol. The molecule has 4 saturated carbocycles. The topological polar surface area (TPSA) is 37.3 Å².